The van der Waals surface area contributed by atoms with E-state index in [0.29, 0.717) is 6.08 Å². The minimum atomic E-state index is -2.03. The average molecular weight is 132 g/mol. The minimum Gasteiger partial charge on any atom is -0.478 e. The van der Waals surface area contributed by atoms with Crippen LogP contribution in [0.25, 0.3) is 0 Å². The lowest BCUT2D eigenvalue weighted by molar-refractivity contribution is -0.132. The molecule has 3 N–H and O–H groups in total. The van der Waals surface area contributed by atoms with E-state index in [1.165, 1.54) is 0 Å². The molecule has 0 aromatic heterocycles. The van der Waals surface area contributed by atoms with Crippen LogP contribution in [0.3, 0.4) is 0 Å². The summed E-state index contributed by atoms with van der Waals surface area (Å²) in [6.45, 7) is 1.06. The van der Waals surface area contributed by atoms with Gasteiger partial charge >= 0.3 is 5.97 Å². The fourth-order valence-electron chi connectivity index (χ4n) is 0.229. The summed E-state index contributed by atoms with van der Waals surface area (Å²) in [5.74, 6) is -3.23. The zero-order chi connectivity index (χ0) is 7.49. The molecule has 52 valence electrons. The van der Waals surface area contributed by atoms with E-state index in [2.05, 4.69) is 0 Å². The van der Waals surface area contributed by atoms with Crippen molar-refractivity contribution in [3.8, 4) is 0 Å². The van der Waals surface area contributed by atoms with Crippen LogP contribution in [0, 0.1) is 0 Å². The van der Waals surface area contributed by atoms with Gasteiger partial charge in [0, 0.05) is 6.08 Å². The standard InChI is InChI=1S/C5H8O4/c1-5(8,9)3-2-4(6)7/h2-3,8-9H,1H3,(H,6,7)/b3-2+. The Balaban J connectivity index is 3.86. The van der Waals surface area contributed by atoms with Gasteiger partial charge in [0.15, 0.2) is 5.79 Å². The molecule has 0 radical (unpaired) electrons. The molecule has 4 nitrogen and oxygen atoms in total. The number of aliphatic hydroxyl groups is 2. The summed E-state index contributed by atoms with van der Waals surface area (Å²) in [5.41, 5.74) is 0. The Morgan fingerprint density at radius 2 is 2.00 bits per heavy atom. The molecule has 0 fully saturated rings. The van der Waals surface area contributed by atoms with Crippen LogP contribution in [0.1, 0.15) is 6.92 Å². The average Bonchev–Trinajstić information content (AvgIpc) is 1.59. The molecule has 0 aromatic carbocycles. The SMILES string of the molecule is CC(O)(O)/C=C/C(=O)O. The normalized spacial score (nSPS) is 12.3. The quantitative estimate of drug-likeness (QED) is 0.344. The third-order valence-corrected chi connectivity index (χ3v) is 0.542. The van der Waals surface area contributed by atoms with Crippen molar-refractivity contribution in [2.45, 2.75) is 12.7 Å². The van der Waals surface area contributed by atoms with Crippen molar-refractivity contribution in [1.29, 1.82) is 0 Å². The fraction of sp³-hybridized carbons (Fsp3) is 0.400. The van der Waals surface area contributed by atoms with Crippen LogP contribution >= 0.6 is 0 Å². The monoisotopic (exact) mass is 132 g/mol. The summed E-state index contributed by atoms with van der Waals surface area (Å²) >= 11 is 0. The molecule has 0 rings (SSSR count). The van der Waals surface area contributed by atoms with E-state index < -0.39 is 11.8 Å². The van der Waals surface area contributed by atoms with Crippen LogP contribution in [0.5, 0.6) is 0 Å². The number of hydrogen-bond donors (Lipinski definition) is 3. The van der Waals surface area contributed by atoms with Crippen LogP contribution < -0.4 is 0 Å². The van der Waals surface area contributed by atoms with Gasteiger partial charge in [-0.2, -0.15) is 0 Å². The summed E-state index contributed by atoms with van der Waals surface area (Å²) in [6.07, 6.45) is 1.44. The van der Waals surface area contributed by atoms with Crippen molar-refractivity contribution < 1.29 is 20.1 Å². The molecule has 0 bridgehead atoms. The third kappa shape index (κ3) is 7.13. The van der Waals surface area contributed by atoms with Gasteiger partial charge in [-0.3, -0.25) is 0 Å². The van der Waals surface area contributed by atoms with Crippen LogP contribution in [0.2, 0.25) is 0 Å². The largest absolute Gasteiger partial charge is 0.478 e. The van der Waals surface area contributed by atoms with Crippen molar-refractivity contribution in [1.82, 2.24) is 0 Å². The Labute approximate surface area is 52.1 Å². The lowest BCUT2D eigenvalue weighted by Gasteiger charge is -2.07. The number of carboxylic acid groups (broad SMARTS) is 1. The lowest BCUT2D eigenvalue weighted by atomic mass is 10.3. The van der Waals surface area contributed by atoms with Gasteiger partial charge < -0.3 is 15.3 Å². The second-order valence-electron chi connectivity index (χ2n) is 1.77. The van der Waals surface area contributed by atoms with E-state index in [1.807, 2.05) is 0 Å². The second-order valence-corrected chi connectivity index (χ2v) is 1.77. The fourth-order valence-corrected chi connectivity index (χ4v) is 0.229. The van der Waals surface area contributed by atoms with Gasteiger partial charge in [0.2, 0.25) is 0 Å². The van der Waals surface area contributed by atoms with Crippen LogP contribution in [-0.2, 0) is 4.79 Å². The molecule has 0 amide bonds. The van der Waals surface area contributed by atoms with E-state index in [-0.39, 0.29) is 0 Å². The highest BCUT2D eigenvalue weighted by atomic mass is 16.5. The molecule has 0 aliphatic rings. The maximum atomic E-state index is 9.74. The smallest absolute Gasteiger partial charge is 0.328 e. The Morgan fingerprint density at radius 3 is 2.11 bits per heavy atom. The lowest BCUT2D eigenvalue weighted by Crippen LogP contribution is -2.19. The molecular weight excluding hydrogens is 124 g/mol. The van der Waals surface area contributed by atoms with Crippen molar-refractivity contribution >= 4 is 5.97 Å². The first-order valence-electron chi connectivity index (χ1n) is 2.29. The molecule has 0 unspecified atom stereocenters. The molecule has 0 aliphatic heterocycles. The van der Waals surface area contributed by atoms with Crippen molar-refractivity contribution in [2.24, 2.45) is 0 Å². The Morgan fingerprint density at radius 1 is 1.56 bits per heavy atom. The highest BCUT2D eigenvalue weighted by Gasteiger charge is 2.08. The molecular formula is C5H8O4. The molecule has 0 saturated carbocycles. The first kappa shape index (κ1) is 8.13. The number of carbonyl (C=O) groups is 1. The number of rotatable bonds is 2. The number of aliphatic carboxylic acids is 1. The van der Waals surface area contributed by atoms with Gasteiger partial charge in [0.25, 0.3) is 0 Å². The first-order chi connectivity index (χ1) is 3.92. The van der Waals surface area contributed by atoms with Gasteiger partial charge in [-0.25, -0.2) is 4.79 Å². The van der Waals surface area contributed by atoms with Crippen molar-refractivity contribution in [3.05, 3.63) is 12.2 Å². The number of carboxylic acids is 1. The summed E-state index contributed by atoms with van der Waals surface area (Å²) in [5, 5.41) is 24.9. The summed E-state index contributed by atoms with van der Waals surface area (Å²) in [7, 11) is 0. The molecule has 0 heterocycles. The molecule has 0 aliphatic carbocycles. The second kappa shape index (κ2) is 2.61. The van der Waals surface area contributed by atoms with Crippen LogP contribution in [0.15, 0.2) is 12.2 Å². The molecule has 9 heavy (non-hydrogen) atoms. The summed E-state index contributed by atoms with van der Waals surface area (Å²) < 4.78 is 0. The van der Waals surface area contributed by atoms with Crippen LogP contribution in [-0.4, -0.2) is 27.1 Å². The topological polar surface area (TPSA) is 77.8 Å². The Kier molecular flexibility index (Phi) is 2.36. The minimum absolute atomic E-state index is 0.667. The van der Waals surface area contributed by atoms with Gasteiger partial charge in [0.1, 0.15) is 0 Å². The van der Waals surface area contributed by atoms with E-state index in [4.69, 9.17) is 15.3 Å². The summed E-state index contributed by atoms with van der Waals surface area (Å²) in [6, 6.07) is 0. The predicted molar refractivity (Wildman–Crippen MR) is 29.6 cm³/mol. The van der Waals surface area contributed by atoms with E-state index in [1.54, 1.807) is 0 Å². The number of hydrogen-bond acceptors (Lipinski definition) is 3. The summed E-state index contributed by atoms with van der Waals surface area (Å²) in [4.78, 5) is 9.74. The molecule has 0 aromatic rings. The molecule has 4 heteroatoms. The van der Waals surface area contributed by atoms with Crippen molar-refractivity contribution in [3.63, 3.8) is 0 Å². The Bertz CT molecular complexity index is 130. The maximum Gasteiger partial charge on any atom is 0.328 e. The highest BCUT2D eigenvalue weighted by molar-refractivity contribution is 5.79. The van der Waals surface area contributed by atoms with E-state index in [9.17, 15) is 4.79 Å². The third-order valence-electron chi connectivity index (χ3n) is 0.542. The zero-order valence-electron chi connectivity index (χ0n) is 4.90. The van der Waals surface area contributed by atoms with E-state index in [0.717, 1.165) is 13.0 Å². The van der Waals surface area contributed by atoms with Gasteiger partial charge in [-0.05, 0) is 13.0 Å². The molecule has 0 saturated heterocycles. The van der Waals surface area contributed by atoms with Gasteiger partial charge in [0.05, 0.1) is 0 Å². The molecule has 0 atom stereocenters. The van der Waals surface area contributed by atoms with Gasteiger partial charge in [-0.1, -0.05) is 0 Å². The van der Waals surface area contributed by atoms with Gasteiger partial charge in [-0.15, -0.1) is 0 Å². The first-order valence-corrected chi connectivity index (χ1v) is 2.29. The zero-order valence-corrected chi connectivity index (χ0v) is 4.90. The highest BCUT2D eigenvalue weighted by Crippen LogP contribution is 1.96. The Hall–Kier alpha value is -0.870. The van der Waals surface area contributed by atoms with E-state index >= 15 is 0 Å². The maximum absolute atomic E-state index is 9.74. The molecule has 0 spiro atoms. The van der Waals surface area contributed by atoms with Crippen molar-refractivity contribution in [2.75, 3.05) is 0 Å². The predicted octanol–water partition coefficient (Wildman–Crippen LogP) is -0.672. The van der Waals surface area contributed by atoms with Crippen LogP contribution in [0.4, 0.5) is 0 Å².